The zero-order valence-corrected chi connectivity index (χ0v) is 56.2. The minimum Gasteiger partial charge on any atom is -0.477 e. The molecule has 0 aromatic rings. The molecule has 89 heavy (non-hydrogen) atoms. The van der Waals surface area contributed by atoms with Gasteiger partial charge in [-0.2, -0.15) is 0 Å². The third-order valence-electron chi connectivity index (χ3n) is 13.2. The summed E-state index contributed by atoms with van der Waals surface area (Å²) < 4.78 is 22.9. The smallest absolute Gasteiger partial charge is 0.361 e. The average molecular weight is 1230 g/mol. The molecule has 0 amide bonds. The summed E-state index contributed by atoms with van der Waals surface area (Å²) in [6.07, 6.45) is 105. The van der Waals surface area contributed by atoms with Crippen molar-refractivity contribution in [2.24, 2.45) is 0 Å². The predicted molar refractivity (Wildman–Crippen MR) is 381 cm³/mol. The number of allylic oxidation sites excluding steroid dienone is 36. The number of aliphatic carboxylic acids is 1. The van der Waals surface area contributed by atoms with Crippen LogP contribution in [0.15, 0.2) is 219 Å². The number of hydrogen-bond donors (Lipinski definition) is 1. The normalized spacial score (nSPS) is 14.1. The molecule has 0 rings (SSSR count). The Kier molecular flexibility index (Phi) is 62.7. The Bertz CT molecular complexity index is 2260. The van der Waals surface area contributed by atoms with E-state index in [-0.39, 0.29) is 38.6 Å². The maximum Gasteiger partial charge on any atom is 0.361 e. The Morgan fingerprint density at radius 1 is 0.337 bits per heavy atom. The van der Waals surface area contributed by atoms with Crippen LogP contribution in [-0.2, 0) is 33.3 Å². The van der Waals surface area contributed by atoms with Crippen LogP contribution in [-0.4, -0.2) is 87.4 Å². The largest absolute Gasteiger partial charge is 0.477 e. The lowest BCUT2D eigenvalue weighted by Gasteiger charge is -2.25. The molecular formula is C80H122NO8+. The first-order valence-corrected chi connectivity index (χ1v) is 33.9. The summed E-state index contributed by atoms with van der Waals surface area (Å²) in [5, 5.41) is 9.73. The fourth-order valence-corrected chi connectivity index (χ4v) is 8.11. The summed E-state index contributed by atoms with van der Waals surface area (Å²) in [4.78, 5) is 37.6. The van der Waals surface area contributed by atoms with Crippen molar-refractivity contribution in [3.05, 3.63) is 219 Å². The molecule has 0 fully saturated rings. The number of ether oxygens (including phenoxy) is 4. The highest BCUT2D eigenvalue weighted by atomic mass is 16.7. The number of carbonyl (C=O) groups excluding carboxylic acids is 2. The highest BCUT2D eigenvalue weighted by molar-refractivity contribution is 5.71. The number of carboxylic acid groups (broad SMARTS) is 1. The molecule has 0 aromatic heterocycles. The van der Waals surface area contributed by atoms with Crippen LogP contribution in [0.5, 0.6) is 0 Å². The van der Waals surface area contributed by atoms with Crippen molar-refractivity contribution >= 4 is 17.9 Å². The molecule has 2 unspecified atom stereocenters. The van der Waals surface area contributed by atoms with Crippen molar-refractivity contribution in [3.63, 3.8) is 0 Å². The minimum atomic E-state index is -1.54. The maximum absolute atomic E-state index is 12.9. The van der Waals surface area contributed by atoms with E-state index in [9.17, 15) is 19.5 Å². The number of carbonyl (C=O) groups is 3. The van der Waals surface area contributed by atoms with E-state index in [1.165, 1.54) is 0 Å². The second-order valence-corrected chi connectivity index (χ2v) is 22.7. The summed E-state index contributed by atoms with van der Waals surface area (Å²) in [7, 11) is 5.93. The number of likely N-dealkylation sites (N-methyl/N-ethyl adjacent to an activating group) is 1. The molecule has 0 radical (unpaired) electrons. The topological polar surface area (TPSA) is 108 Å². The lowest BCUT2D eigenvalue weighted by Crippen LogP contribution is -2.40. The van der Waals surface area contributed by atoms with Crippen LogP contribution in [0.4, 0.5) is 0 Å². The van der Waals surface area contributed by atoms with Crippen molar-refractivity contribution in [1.82, 2.24) is 0 Å². The van der Waals surface area contributed by atoms with Gasteiger partial charge >= 0.3 is 17.9 Å². The molecule has 0 aromatic carbocycles. The molecule has 0 heterocycles. The number of hydrogen-bond acceptors (Lipinski definition) is 7. The van der Waals surface area contributed by atoms with Gasteiger partial charge in [0.1, 0.15) is 13.2 Å². The third-order valence-corrected chi connectivity index (χ3v) is 13.2. The molecule has 1 N–H and O–H groups in total. The molecule has 0 aliphatic rings. The lowest BCUT2D eigenvalue weighted by atomic mass is 10.1. The van der Waals surface area contributed by atoms with Gasteiger partial charge in [0, 0.05) is 12.8 Å². The number of rotatable bonds is 59. The molecule has 9 nitrogen and oxygen atoms in total. The highest BCUT2D eigenvalue weighted by Crippen LogP contribution is 2.12. The summed E-state index contributed by atoms with van der Waals surface area (Å²) in [5.74, 6) is -2.10. The number of quaternary nitrogens is 1. The SMILES string of the molecule is CC/C=C\C/C=C\C/C=C\C/C=C\C/C=C\C/C=C\C/C=C\C/C=C\C/C=C\C/C=C\C/C=C\C/C=C\CCCCCCC(=O)OC(COC(=O)CCCCCC/C=C\C/C=C\C/C=C\C/C=C\C/C=C\C/C=C\CC)COC(OCC[N+](C)(C)C)C(=O)O. The number of esters is 2. The third kappa shape index (κ3) is 69.0. The summed E-state index contributed by atoms with van der Waals surface area (Å²) >= 11 is 0. The van der Waals surface area contributed by atoms with Crippen LogP contribution in [0.1, 0.15) is 206 Å². The van der Waals surface area contributed by atoms with Gasteiger partial charge in [-0.25, -0.2) is 4.79 Å². The second kappa shape index (κ2) is 67.5. The maximum atomic E-state index is 12.9. The molecule has 0 saturated heterocycles. The summed E-state index contributed by atoms with van der Waals surface area (Å²) in [6.45, 7) is 4.55. The van der Waals surface area contributed by atoms with Gasteiger partial charge < -0.3 is 28.5 Å². The van der Waals surface area contributed by atoms with E-state index < -0.39 is 24.3 Å². The van der Waals surface area contributed by atoms with Crippen LogP contribution in [0, 0.1) is 0 Å². The van der Waals surface area contributed by atoms with Gasteiger partial charge in [0.15, 0.2) is 6.10 Å². The first kappa shape index (κ1) is 82.6. The molecule has 9 heteroatoms. The molecule has 0 aliphatic heterocycles. The van der Waals surface area contributed by atoms with Gasteiger partial charge in [-0.1, -0.05) is 258 Å². The fourth-order valence-electron chi connectivity index (χ4n) is 8.11. The van der Waals surface area contributed by atoms with E-state index in [1.807, 2.05) is 21.1 Å². The molecule has 0 bridgehead atoms. The van der Waals surface area contributed by atoms with E-state index >= 15 is 0 Å². The van der Waals surface area contributed by atoms with Gasteiger partial charge in [0.25, 0.3) is 6.29 Å². The van der Waals surface area contributed by atoms with E-state index in [2.05, 4.69) is 233 Å². The quantitative estimate of drug-likeness (QED) is 0.0211. The van der Waals surface area contributed by atoms with E-state index in [4.69, 9.17) is 18.9 Å². The molecular weight excluding hydrogens is 1100 g/mol. The number of unbranched alkanes of at least 4 members (excludes halogenated alkanes) is 8. The number of nitrogens with zero attached hydrogens (tertiary/aromatic N) is 1. The van der Waals surface area contributed by atoms with E-state index in [1.54, 1.807) is 0 Å². The van der Waals surface area contributed by atoms with Crippen LogP contribution in [0.2, 0.25) is 0 Å². The van der Waals surface area contributed by atoms with Crippen LogP contribution < -0.4 is 0 Å². The van der Waals surface area contributed by atoms with E-state index in [0.29, 0.717) is 23.9 Å². The van der Waals surface area contributed by atoms with Gasteiger partial charge in [0.05, 0.1) is 34.4 Å². The second-order valence-electron chi connectivity index (χ2n) is 22.7. The molecule has 0 saturated carbocycles. The Balaban J connectivity index is 4.32. The first-order chi connectivity index (χ1) is 43.6. The Morgan fingerprint density at radius 3 is 0.888 bits per heavy atom. The minimum absolute atomic E-state index is 0.165. The number of carboxylic acids is 1. The van der Waals surface area contributed by atoms with Crippen molar-refractivity contribution < 1.29 is 42.9 Å². The zero-order chi connectivity index (χ0) is 64.7. The standard InChI is InChI=1S/C80H121NO8/c1-6-8-10-12-14-16-18-20-22-24-26-28-30-31-32-33-34-35-36-37-38-39-40-41-42-43-44-45-46-47-49-51-53-55-57-59-61-63-65-67-69-71-78(83)89-76(75-88-80(79(84)85)86-73-72-81(3,4)5)74-87-77(82)70-68-66-64-62-60-58-56-54-52-50-48-29-27-25-23-21-19-17-15-13-11-9-7-2/h8-11,14-17,20-23,26-29,31-32,34-35,37-38,40-41,43-44,46-47,50-53,56-59,76,80H,6-7,12-13,18-19,24-25,30,33,36,39,42,45,48-49,54-55,60-75H2,1-5H3/p+1/b10-8-,11-9-,16-14-,17-15-,22-20-,23-21-,28-26-,29-27-,32-31-,35-34-,38-37-,41-40-,44-43-,47-46-,52-50-,53-51-,58-56-,59-57-. The Labute approximate surface area is 543 Å². The predicted octanol–water partition coefficient (Wildman–Crippen LogP) is 21.3. The van der Waals surface area contributed by atoms with Gasteiger partial charge in [-0.3, -0.25) is 9.59 Å². The monoisotopic (exact) mass is 1220 g/mol. The molecule has 2 atom stereocenters. The van der Waals surface area contributed by atoms with Gasteiger partial charge in [-0.15, -0.1) is 0 Å². The van der Waals surface area contributed by atoms with E-state index in [0.717, 1.165) is 167 Å². The Morgan fingerprint density at radius 2 is 0.607 bits per heavy atom. The van der Waals surface area contributed by atoms with Gasteiger partial charge in [-0.05, 0) is 154 Å². The fraction of sp³-hybridized carbons (Fsp3) is 0.512. The molecule has 494 valence electrons. The Hall–Kier alpha value is -6.39. The van der Waals surface area contributed by atoms with Crippen LogP contribution in [0.3, 0.4) is 0 Å². The highest BCUT2D eigenvalue weighted by Gasteiger charge is 2.25. The lowest BCUT2D eigenvalue weighted by molar-refractivity contribution is -0.870. The van der Waals surface area contributed by atoms with Crippen LogP contribution in [0.25, 0.3) is 0 Å². The van der Waals surface area contributed by atoms with Crippen molar-refractivity contribution in [1.29, 1.82) is 0 Å². The average Bonchev–Trinajstić information content (AvgIpc) is 3.64. The summed E-state index contributed by atoms with van der Waals surface area (Å²) in [6, 6.07) is 0. The zero-order valence-electron chi connectivity index (χ0n) is 56.2. The first-order valence-electron chi connectivity index (χ1n) is 33.9. The molecule has 0 aliphatic carbocycles. The summed E-state index contributed by atoms with van der Waals surface area (Å²) in [5.41, 5.74) is 0. The molecule has 0 spiro atoms. The van der Waals surface area contributed by atoms with Crippen LogP contribution >= 0.6 is 0 Å². The van der Waals surface area contributed by atoms with Crippen molar-refractivity contribution in [2.45, 2.75) is 219 Å². The van der Waals surface area contributed by atoms with Gasteiger partial charge in [0.2, 0.25) is 0 Å². The van der Waals surface area contributed by atoms with Crippen molar-refractivity contribution in [2.75, 3.05) is 47.5 Å². The van der Waals surface area contributed by atoms with Crippen molar-refractivity contribution in [3.8, 4) is 0 Å².